The number of carbonyl (C=O) groups is 1. The summed E-state index contributed by atoms with van der Waals surface area (Å²) in [6, 6.07) is 40.8. The van der Waals surface area contributed by atoms with Crippen molar-refractivity contribution in [3.8, 4) is 11.3 Å². The standard InChI is InChI=1S/C64H82NSSi.C13H24O2.Ir/c1-40-52-27-28-65-55(42-29-41-25-23-24-26-53(41)54(30-42)64(20,21)22)56(52)66-57(40)67(49-34-43(58(2,3)4)31-44(35-49)59(5,6)7,50-36-45(60(8,9)10)32-46(37-50)61(11,12)13)51-38-47(62(14,15)16)33-48(39-51)63(17,18)19;1-5-10(6-2)12(14)9-13(15)11(7-3)8-4;/h23-28,30-39H,1-22H3;9-11,14H,5-8H2,1-4H3;/q-1;;/b;12-9-;. The molecule has 83 heavy (non-hydrogen) atoms. The number of ketones is 1. The summed E-state index contributed by atoms with van der Waals surface area (Å²) in [6.07, 6.45) is 6.96. The van der Waals surface area contributed by atoms with Gasteiger partial charge in [-0.05, 0) is 136 Å². The fraction of sp³-hybridized carbons (Fsp3) is 0.506. The molecular formula is C77H106IrNO2SSi-. The number of aliphatic hydroxyl groups is 1. The van der Waals surface area contributed by atoms with Gasteiger partial charge in [0, 0.05) is 59.1 Å². The molecule has 7 aromatic rings. The Morgan fingerprint density at radius 3 is 1.25 bits per heavy atom. The first kappa shape index (κ1) is 69.3. The molecule has 0 bridgehead atoms. The number of benzene rings is 5. The first-order valence-corrected chi connectivity index (χ1v) is 33.7. The van der Waals surface area contributed by atoms with E-state index in [4.69, 9.17) is 4.98 Å². The van der Waals surface area contributed by atoms with Gasteiger partial charge in [-0.2, -0.15) is 0 Å². The van der Waals surface area contributed by atoms with Crippen LogP contribution in [0.15, 0.2) is 109 Å². The zero-order valence-corrected chi connectivity index (χ0v) is 60.6. The number of pyridine rings is 1. The van der Waals surface area contributed by atoms with E-state index in [0.717, 1.165) is 42.3 Å². The van der Waals surface area contributed by atoms with Gasteiger partial charge in [-0.15, -0.1) is 40.5 Å². The Bertz CT molecular complexity index is 3160. The van der Waals surface area contributed by atoms with Gasteiger partial charge in [-0.3, -0.25) is 9.78 Å². The Kier molecular flexibility index (Phi) is 21.3. The van der Waals surface area contributed by atoms with Crippen LogP contribution in [0.2, 0.25) is 0 Å². The number of fused-ring (bicyclic) bond motifs is 2. The van der Waals surface area contributed by atoms with Gasteiger partial charge in [0.25, 0.3) is 0 Å². The number of carbonyl (C=O) groups excluding carboxylic acids is 1. The quantitative estimate of drug-likeness (QED) is 0.0436. The number of aromatic nitrogens is 1. The maximum Gasteiger partial charge on any atom is 0.191 e. The second kappa shape index (κ2) is 25.5. The summed E-state index contributed by atoms with van der Waals surface area (Å²) < 4.78 is 2.73. The Balaban J connectivity index is 0.000000691. The van der Waals surface area contributed by atoms with E-state index >= 15 is 0 Å². The van der Waals surface area contributed by atoms with E-state index in [1.54, 1.807) is 0 Å². The van der Waals surface area contributed by atoms with Crippen LogP contribution < -0.4 is 20.1 Å². The van der Waals surface area contributed by atoms with Crippen LogP contribution in [0.25, 0.3) is 32.1 Å². The van der Waals surface area contributed by atoms with Crippen LogP contribution in [0.3, 0.4) is 0 Å². The third-order valence-electron chi connectivity index (χ3n) is 17.4. The number of thiophene rings is 1. The number of nitrogens with zero attached hydrogens (tertiary/aromatic N) is 1. The summed E-state index contributed by atoms with van der Waals surface area (Å²) in [5.41, 5.74) is 12.6. The third kappa shape index (κ3) is 15.2. The molecule has 3 nitrogen and oxygen atoms in total. The molecule has 0 aliphatic carbocycles. The maximum atomic E-state index is 11.7. The molecule has 0 unspecified atom stereocenters. The van der Waals surface area contributed by atoms with Gasteiger partial charge in [0.1, 0.15) is 0 Å². The van der Waals surface area contributed by atoms with Crippen molar-refractivity contribution in [1.82, 2.24) is 4.98 Å². The third-order valence-corrected chi connectivity index (χ3v) is 24.3. The number of hydrogen-bond acceptors (Lipinski definition) is 4. The minimum atomic E-state index is -3.32. The zero-order valence-electron chi connectivity index (χ0n) is 56.3. The van der Waals surface area contributed by atoms with Crippen molar-refractivity contribution in [3.63, 3.8) is 0 Å². The average Bonchev–Trinajstić information content (AvgIpc) is 3.05. The van der Waals surface area contributed by atoms with Crippen molar-refractivity contribution in [2.24, 2.45) is 11.8 Å². The largest absolute Gasteiger partial charge is 0.512 e. The monoisotopic (exact) mass is 1330 g/mol. The van der Waals surface area contributed by atoms with E-state index in [2.05, 4.69) is 256 Å². The minimum absolute atomic E-state index is 0. The van der Waals surface area contributed by atoms with Crippen molar-refractivity contribution >= 4 is 66.1 Å². The van der Waals surface area contributed by atoms with Gasteiger partial charge < -0.3 is 5.11 Å². The van der Waals surface area contributed by atoms with Crippen molar-refractivity contribution < 1.29 is 30.0 Å². The molecule has 0 aliphatic rings. The molecule has 7 rings (SSSR count). The van der Waals surface area contributed by atoms with Crippen LogP contribution in [0.4, 0.5) is 0 Å². The first-order chi connectivity index (χ1) is 37.6. The number of aryl methyl sites for hydroxylation is 1. The Hall–Kier alpha value is -4.45. The Labute approximate surface area is 523 Å². The summed E-state index contributed by atoms with van der Waals surface area (Å²) in [5.74, 6) is 0.547. The smallest absolute Gasteiger partial charge is 0.191 e. The molecule has 5 aromatic carbocycles. The molecule has 0 atom stereocenters. The summed E-state index contributed by atoms with van der Waals surface area (Å²) in [6.45, 7) is 60.6. The molecule has 0 saturated carbocycles. The Morgan fingerprint density at radius 1 is 0.530 bits per heavy atom. The van der Waals surface area contributed by atoms with Crippen LogP contribution in [-0.4, -0.2) is 23.9 Å². The number of rotatable bonds is 12. The van der Waals surface area contributed by atoms with Crippen molar-refractivity contribution in [2.45, 2.75) is 244 Å². The predicted octanol–water partition coefficient (Wildman–Crippen LogP) is 19.6. The van der Waals surface area contributed by atoms with Gasteiger partial charge in [0.2, 0.25) is 0 Å². The van der Waals surface area contributed by atoms with Gasteiger partial charge >= 0.3 is 0 Å². The topological polar surface area (TPSA) is 50.2 Å². The maximum absolute atomic E-state index is 11.7. The van der Waals surface area contributed by atoms with E-state index in [0.29, 0.717) is 0 Å². The molecule has 6 heteroatoms. The molecule has 0 saturated heterocycles. The molecule has 2 heterocycles. The molecule has 451 valence electrons. The van der Waals surface area contributed by atoms with Gasteiger partial charge in [-0.1, -0.05) is 257 Å². The van der Waals surface area contributed by atoms with E-state index < -0.39 is 8.07 Å². The van der Waals surface area contributed by atoms with Crippen LogP contribution in [0, 0.1) is 24.8 Å². The van der Waals surface area contributed by atoms with E-state index in [1.807, 2.05) is 39.0 Å². The number of hydrogen-bond donors (Lipinski definition) is 1. The fourth-order valence-corrected chi connectivity index (χ4v) is 19.2. The van der Waals surface area contributed by atoms with E-state index in [-0.39, 0.29) is 81.4 Å². The zero-order chi connectivity index (χ0) is 61.7. The SMILES string of the molecule is CCC(CC)C(=O)/C=C(\O)C(CC)CC.Cc1c([Si](c2cc(C(C)(C)C)cc(C(C)(C)C)c2)(c2cc(C(C)(C)C)cc(C(C)(C)C)c2)c2cc(C(C)(C)C)cc(C(C)(C)C)c2)sc2c(-c3[c-]c4ccccc4c(C(C)(C)C)c3)nccc12.[Ir]. The second-order valence-corrected chi connectivity index (χ2v) is 36.2. The van der Waals surface area contributed by atoms with E-state index in [1.165, 1.54) is 86.1 Å². The molecule has 1 N–H and O–H groups in total. The van der Waals surface area contributed by atoms with Crippen LogP contribution in [-0.2, 0) is 62.8 Å². The molecule has 0 amide bonds. The summed E-state index contributed by atoms with van der Waals surface area (Å²) >= 11 is 2.01. The van der Waals surface area contributed by atoms with Crippen LogP contribution in [0.5, 0.6) is 0 Å². The molecule has 0 aliphatic heterocycles. The van der Waals surface area contributed by atoms with Gasteiger partial charge in [0.05, 0.1) is 5.76 Å². The van der Waals surface area contributed by atoms with Crippen LogP contribution in [0.1, 0.15) is 243 Å². The second-order valence-electron chi connectivity index (χ2n) is 31.1. The fourth-order valence-electron chi connectivity index (χ4n) is 11.5. The predicted molar refractivity (Wildman–Crippen MR) is 365 cm³/mol. The minimum Gasteiger partial charge on any atom is -0.512 e. The van der Waals surface area contributed by atoms with E-state index in [9.17, 15) is 9.90 Å². The molecule has 1 radical (unpaired) electrons. The number of allylic oxidation sites excluding steroid dienone is 2. The molecular weight excluding hydrogens is 1220 g/mol. The van der Waals surface area contributed by atoms with Crippen molar-refractivity contribution in [2.75, 3.05) is 0 Å². The molecule has 2 aromatic heterocycles. The first-order valence-electron chi connectivity index (χ1n) is 30.9. The Morgan fingerprint density at radius 2 is 0.904 bits per heavy atom. The van der Waals surface area contributed by atoms with Crippen LogP contribution >= 0.6 is 11.3 Å². The molecule has 0 fully saturated rings. The van der Waals surface area contributed by atoms with Crippen molar-refractivity contribution in [1.29, 1.82) is 0 Å². The molecule has 0 spiro atoms. The van der Waals surface area contributed by atoms with Gasteiger partial charge in [-0.25, -0.2) is 0 Å². The summed E-state index contributed by atoms with van der Waals surface area (Å²) in [7, 11) is -3.32. The summed E-state index contributed by atoms with van der Waals surface area (Å²) in [5, 5.41) is 17.8. The number of aliphatic hydroxyl groups excluding tert-OH is 1. The normalized spacial score (nSPS) is 13.4. The average molecular weight is 1330 g/mol. The summed E-state index contributed by atoms with van der Waals surface area (Å²) in [4.78, 5) is 17.1. The van der Waals surface area contributed by atoms with Gasteiger partial charge in [0.15, 0.2) is 13.9 Å². The van der Waals surface area contributed by atoms with Crippen molar-refractivity contribution in [3.05, 3.63) is 160 Å².